The molecule has 94 valence electrons. The zero-order valence-electron chi connectivity index (χ0n) is 9.72. The van der Waals surface area contributed by atoms with E-state index in [-0.39, 0.29) is 5.91 Å². The third-order valence-corrected chi connectivity index (χ3v) is 3.10. The molecule has 0 saturated carbocycles. The van der Waals surface area contributed by atoms with E-state index < -0.39 is 0 Å². The fourth-order valence-corrected chi connectivity index (χ4v) is 2.10. The molecule has 0 aromatic carbocycles. The fourth-order valence-electron chi connectivity index (χ4n) is 1.77. The molecule has 19 heavy (non-hydrogen) atoms. The maximum atomic E-state index is 12.0. The van der Waals surface area contributed by atoms with E-state index in [1.54, 1.807) is 30.7 Å². The number of fused-ring (bicyclic) bond motifs is 1. The first-order valence-electron chi connectivity index (χ1n) is 5.58. The number of carbonyl (C=O) groups excluding carboxylic acids is 1. The Bertz CT molecular complexity index is 739. The van der Waals surface area contributed by atoms with Crippen LogP contribution in [0.4, 0.5) is 5.69 Å². The van der Waals surface area contributed by atoms with E-state index in [4.69, 9.17) is 0 Å². The summed E-state index contributed by atoms with van der Waals surface area (Å²) in [6.45, 7) is 0. The van der Waals surface area contributed by atoms with Crippen molar-refractivity contribution in [2.75, 3.05) is 5.32 Å². The Labute approximate surface area is 117 Å². The summed E-state index contributed by atoms with van der Waals surface area (Å²) in [7, 11) is 0. The smallest absolute Gasteiger partial charge is 0.257 e. The van der Waals surface area contributed by atoms with E-state index in [0.717, 1.165) is 15.5 Å². The third kappa shape index (κ3) is 2.34. The summed E-state index contributed by atoms with van der Waals surface area (Å²) in [5, 5.41) is 3.69. The molecule has 0 spiro atoms. The van der Waals surface area contributed by atoms with Crippen LogP contribution in [-0.2, 0) is 0 Å². The van der Waals surface area contributed by atoms with Crippen molar-refractivity contribution >= 4 is 38.6 Å². The third-order valence-electron chi connectivity index (χ3n) is 2.67. The summed E-state index contributed by atoms with van der Waals surface area (Å²) in [5.74, 6) is -0.200. The van der Waals surface area contributed by atoms with Crippen LogP contribution in [0.1, 0.15) is 10.4 Å². The number of halogens is 1. The second kappa shape index (κ2) is 4.81. The molecule has 0 aliphatic rings. The Morgan fingerprint density at radius 3 is 3.05 bits per heavy atom. The van der Waals surface area contributed by atoms with E-state index in [1.807, 2.05) is 6.07 Å². The molecular formula is C13H9BrN4O. The molecule has 0 atom stereocenters. The van der Waals surface area contributed by atoms with Gasteiger partial charge in [0.1, 0.15) is 5.65 Å². The van der Waals surface area contributed by atoms with Crippen LogP contribution < -0.4 is 5.32 Å². The first kappa shape index (κ1) is 11.9. The molecule has 0 fully saturated rings. The van der Waals surface area contributed by atoms with Gasteiger partial charge >= 0.3 is 0 Å². The minimum atomic E-state index is -0.200. The topological polar surface area (TPSA) is 70.7 Å². The quantitative estimate of drug-likeness (QED) is 0.763. The Kier molecular flexibility index (Phi) is 3.00. The van der Waals surface area contributed by atoms with Gasteiger partial charge in [-0.05, 0) is 34.1 Å². The molecule has 2 N–H and O–H groups in total. The van der Waals surface area contributed by atoms with E-state index in [9.17, 15) is 4.79 Å². The van der Waals surface area contributed by atoms with Gasteiger partial charge in [-0.2, -0.15) is 0 Å². The molecule has 0 unspecified atom stereocenters. The van der Waals surface area contributed by atoms with Crippen molar-refractivity contribution in [3.05, 3.63) is 53.0 Å². The minimum Gasteiger partial charge on any atom is -0.344 e. The molecule has 5 nitrogen and oxygen atoms in total. The highest BCUT2D eigenvalue weighted by Gasteiger charge is 2.10. The van der Waals surface area contributed by atoms with Gasteiger partial charge in [-0.3, -0.25) is 9.78 Å². The van der Waals surface area contributed by atoms with E-state index in [2.05, 4.69) is 36.2 Å². The molecule has 1 amide bonds. The average Bonchev–Trinajstić information content (AvgIpc) is 2.82. The van der Waals surface area contributed by atoms with Crippen LogP contribution in [0.2, 0.25) is 0 Å². The normalized spacial score (nSPS) is 10.6. The van der Waals surface area contributed by atoms with Crippen molar-refractivity contribution in [1.29, 1.82) is 0 Å². The number of aromatic amines is 1. The number of carbonyl (C=O) groups is 1. The number of rotatable bonds is 2. The van der Waals surface area contributed by atoms with Crippen LogP contribution in [-0.4, -0.2) is 20.9 Å². The summed E-state index contributed by atoms with van der Waals surface area (Å²) in [6.07, 6.45) is 6.58. The molecule has 0 aliphatic heterocycles. The van der Waals surface area contributed by atoms with Gasteiger partial charge in [0.25, 0.3) is 5.91 Å². The van der Waals surface area contributed by atoms with Gasteiger partial charge < -0.3 is 10.3 Å². The van der Waals surface area contributed by atoms with Gasteiger partial charge in [0.15, 0.2) is 0 Å². The highest BCUT2D eigenvalue weighted by Crippen LogP contribution is 2.24. The van der Waals surface area contributed by atoms with Gasteiger partial charge in [-0.15, -0.1) is 0 Å². The zero-order chi connectivity index (χ0) is 13.2. The maximum absolute atomic E-state index is 12.0. The number of amides is 1. The van der Waals surface area contributed by atoms with Crippen molar-refractivity contribution in [3.8, 4) is 0 Å². The average molecular weight is 317 g/mol. The van der Waals surface area contributed by atoms with Crippen LogP contribution >= 0.6 is 15.9 Å². The lowest BCUT2D eigenvalue weighted by Gasteiger charge is -2.03. The number of nitrogens with zero attached hydrogens (tertiary/aromatic N) is 2. The van der Waals surface area contributed by atoms with E-state index >= 15 is 0 Å². The summed E-state index contributed by atoms with van der Waals surface area (Å²) in [6, 6.07) is 5.34. The second-order valence-electron chi connectivity index (χ2n) is 3.95. The number of hydrogen-bond acceptors (Lipinski definition) is 3. The van der Waals surface area contributed by atoms with Crippen molar-refractivity contribution in [2.45, 2.75) is 0 Å². The Hall–Kier alpha value is -2.21. The van der Waals surface area contributed by atoms with Crippen LogP contribution in [0, 0.1) is 0 Å². The summed E-state index contributed by atoms with van der Waals surface area (Å²) in [4.78, 5) is 23.2. The van der Waals surface area contributed by atoms with Gasteiger partial charge in [0, 0.05) is 34.6 Å². The van der Waals surface area contributed by atoms with E-state index in [1.165, 1.54) is 6.20 Å². The Morgan fingerprint density at radius 2 is 2.26 bits per heavy atom. The van der Waals surface area contributed by atoms with Crippen LogP contribution in [0.25, 0.3) is 11.0 Å². The fraction of sp³-hybridized carbons (Fsp3) is 0. The zero-order valence-corrected chi connectivity index (χ0v) is 11.3. The Balaban J connectivity index is 1.94. The molecule has 6 heteroatoms. The molecule has 0 saturated heterocycles. The first-order chi connectivity index (χ1) is 9.24. The summed E-state index contributed by atoms with van der Waals surface area (Å²) >= 11 is 3.36. The largest absolute Gasteiger partial charge is 0.344 e. The van der Waals surface area contributed by atoms with Gasteiger partial charge in [-0.1, -0.05) is 0 Å². The molecule has 0 bridgehead atoms. The van der Waals surface area contributed by atoms with Crippen LogP contribution in [0.5, 0.6) is 0 Å². The van der Waals surface area contributed by atoms with Crippen molar-refractivity contribution < 1.29 is 4.79 Å². The number of hydrogen-bond donors (Lipinski definition) is 2. The monoisotopic (exact) mass is 316 g/mol. The summed E-state index contributed by atoms with van der Waals surface area (Å²) in [5.41, 5.74) is 1.93. The van der Waals surface area contributed by atoms with Crippen molar-refractivity contribution in [1.82, 2.24) is 15.0 Å². The predicted molar refractivity (Wildman–Crippen MR) is 76.0 cm³/mol. The molecule has 3 aromatic rings. The number of aromatic nitrogens is 3. The first-order valence-corrected chi connectivity index (χ1v) is 6.37. The number of H-pyrrole nitrogens is 1. The lowest BCUT2D eigenvalue weighted by molar-refractivity contribution is 0.102. The maximum Gasteiger partial charge on any atom is 0.257 e. The predicted octanol–water partition coefficient (Wildman–Crippen LogP) is 2.97. The SMILES string of the molecule is O=C(Nc1c[nH]c2ncc(Br)cc12)c1cccnc1. The highest BCUT2D eigenvalue weighted by atomic mass is 79.9. The van der Waals surface area contributed by atoms with Crippen molar-refractivity contribution in [2.24, 2.45) is 0 Å². The number of anilines is 1. The number of pyridine rings is 2. The number of nitrogens with one attached hydrogen (secondary N) is 2. The summed E-state index contributed by atoms with van der Waals surface area (Å²) < 4.78 is 0.858. The molecule has 3 rings (SSSR count). The van der Waals surface area contributed by atoms with E-state index in [0.29, 0.717) is 11.3 Å². The lowest BCUT2D eigenvalue weighted by Crippen LogP contribution is -2.11. The van der Waals surface area contributed by atoms with Crippen LogP contribution in [0.15, 0.2) is 47.5 Å². The molecule has 3 aromatic heterocycles. The van der Waals surface area contributed by atoms with Gasteiger partial charge in [-0.25, -0.2) is 4.98 Å². The lowest BCUT2D eigenvalue weighted by atomic mass is 10.2. The molecular weight excluding hydrogens is 308 g/mol. The molecule has 3 heterocycles. The van der Waals surface area contributed by atoms with Crippen molar-refractivity contribution in [3.63, 3.8) is 0 Å². The highest BCUT2D eigenvalue weighted by molar-refractivity contribution is 9.10. The molecule has 0 aliphatic carbocycles. The van der Waals surface area contributed by atoms with Crippen LogP contribution in [0.3, 0.4) is 0 Å². The van der Waals surface area contributed by atoms with Gasteiger partial charge in [0.05, 0.1) is 11.3 Å². The van der Waals surface area contributed by atoms with Gasteiger partial charge in [0.2, 0.25) is 0 Å². The standard InChI is InChI=1S/C13H9BrN4O/c14-9-4-10-11(7-17-12(10)16-6-9)18-13(19)8-2-1-3-15-5-8/h1-7H,(H,16,17)(H,18,19). The molecule has 0 radical (unpaired) electrons. The minimum absolute atomic E-state index is 0.200. The second-order valence-corrected chi connectivity index (χ2v) is 4.86. The Morgan fingerprint density at radius 1 is 1.37 bits per heavy atom.